The van der Waals surface area contributed by atoms with E-state index < -0.39 is 17.7 Å². The first-order valence-electron chi connectivity index (χ1n) is 4.11. The lowest BCUT2D eigenvalue weighted by Crippen LogP contribution is -2.01. The fourth-order valence-electron chi connectivity index (χ4n) is 1.06. The van der Waals surface area contributed by atoms with Gasteiger partial charge in [0.05, 0.1) is 0 Å². The van der Waals surface area contributed by atoms with Gasteiger partial charge in [0.25, 0.3) is 0 Å². The lowest BCUT2D eigenvalue weighted by Gasteiger charge is -1.97. The molecule has 0 spiro atoms. The highest BCUT2D eigenvalue weighted by Crippen LogP contribution is 2.32. The quantitative estimate of drug-likeness (QED) is 0.608. The molecule has 0 saturated heterocycles. The van der Waals surface area contributed by atoms with Gasteiger partial charge in [-0.25, -0.2) is 9.59 Å². The first-order chi connectivity index (χ1) is 7.18. The average Bonchev–Trinajstić information content (AvgIpc) is 2.47. The van der Waals surface area contributed by atoms with Gasteiger partial charge in [-0.05, 0) is 12.1 Å². The van der Waals surface area contributed by atoms with E-state index in [1.54, 1.807) is 24.3 Å². The summed E-state index contributed by atoms with van der Waals surface area (Å²) in [5.41, 5.74) is 0. The number of benzene rings is 1. The minimum Gasteiger partial charge on any atom is -0.501 e. The molecule has 1 aliphatic heterocycles. The van der Waals surface area contributed by atoms with Crippen molar-refractivity contribution >= 4 is 23.7 Å². The topological polar surface area (TPSA) is 63.6 Å². The van der Waals surface area contributed by atoms with Crippen molar-refractivity contribution < 1.29 is 19.4 Å². The summed E-state index contributed by atoms with van der Waals surface area (Å²) in [5.74, 6) is -2.40. The molecular weight excluding hydrogens is 216 g/mol. The maximum Gasteiger partial charge on any atom is 0.382 e. The second kappa shape index (κ2) is 3.78. The van der Waals surface area contributed by atoms with Crippen molar-refractivity contribution in [2.45, 2.75) is 4.90 Å². The highest BCUT2D eigenvalue weighted by atomic mass is 32.2. The monoisotopic (exact) mass is 222 g/mol. The van der Waals surface area contributed by atoms with Gasteiger partial charge in [-0.2, -0.15) is 0 Å². The lowest BCUT2D eigenvalue weighted by molar-refractivity contribution is -0.152. The molecule has 0 atom stereocenters. The number of aliphatic hydroxyl groups is 1. The van der Waals surface area contributed by atoms with Crippen LogP contribution in [0.5, 0.6) is 0 Å². The van der Waals surface area contributed by atoms with E-state index in [1.807, 2.05) is 6.07 Å². The van der Waals surface area contributed by atoms with Crippen molar-refractivity contribution in [3.05, 3.63) is 41.0 Å². The summed E-state index contributed by atoms with van der Waals surface area (Å²) < 4.78 is 4.24. The Kier molecular flexibility index (Phi) is 2.47. The van der Waals surface area contributed by atoms with Gasteiger partial charge in [-0.15, -0.1) is 0 Å². The van der Waals surface area contributed by atoms with Crippen LogP contribution in [0.2, 0.25) is 0 Å². The van der Waals surface area contributed by atoms with Gasteiger partial charge in [-0.3, -0.25) is 0 Å². The van der Waals surface area contributed by atoms with Crippen molar-refractivity contribution in [2.24, 2.45) is 0 Å². The Bertz CT molecular complexity index is 450. The number of carbonyl (C=O) groups is 2. The SMILES string of the molecule is O=C1OC(=O)C(Sc2ccccc2)=C1O. The van der Waals surface area contributed by atoms with Crippen LogP contribution < -0.4 is 0 Å². The minimum atomic E-state index is -0.988. The fraction of sp³-hybridized carbons (Fsp3) is 0. The molecule has 0 saturated carbocycles. The predicted molar refractivity (Wildman–Crippen MR) is 53.1 cm³/mol. The van der Waals surface area contributed by atoms with Crippen LogP contribution in [0, 0.1) is 0 Å². The Balaban J connectivity index is 2.27. The Morgan fingerprint density at radius 2 is 1.73 bits per heavy atom. The molecule has 1 aromatic carbocycles. The van der Waals surface area contributed by atoms with Crippen molar-refractivity contribution in [1.29, 1.82) is 0 Å². The van der Waals surface area contributed by atoms with Crippen LogP contribution in [-0.4, -0.2) is 17.0 Å². The molecule has 0 bridgehead atoms. The molecule has 0 amide bonds. The molecule has 0 unspecified atom stereocenters. The minimum absolute atomic E-state index is 0.0637. The van der Waals surface area contributed by atoms with Crippen molar-refractivity contribution in [3.63, 3.8) is 0 Å². The summed E-state index contributed by atoms with van der Waals surface area (Å²) in [6, 6.07) is 8.95. The van der Waals surface area contributed by atoms with Crippen molar-refractivity contribution in [2.75, 3.05) is 0 Å². The number of cyclic esters (lactones) is 2. The van der Waals surface area contributed by atoms with E-state index in [0.29, 0.717) is 0 Å². The van der Waals surface area contributed by atoms with Crippen LogP contribution in [-0.2, 0) is 14.3 Å². The second-order valence-corrected chi connectivity index (χ2v) is 3.85. The van der Waals surface area contributed by atoms with Gasteiger partial charge < -0.3 is 9.84 Å². The number of esters is 2. The Hall–Kier alpha value is -1.75. The summed E-state index contributed by atoms with van der Waals surface area (Å²) in [7, 11) is 0. The maximum atomic E-state index is 11.1. The number of carbonyl (C=O) groups excluding carboxylic acids is 2. The first kappa shape index (κ1) is 9.79. The van der Waals surface area contributed by atoms with Crippen LogP contribution in [0.3, 0.4) is 0 Å². The molecule has 0 aliphatic carbocycles. The van der Waals surface area contributed by atoms with Crippen LogP contribution in [0.25, 0.3) is 0 Å². The molecule has 1 aliphatic rings. The van der Waals surface area contributed by atoms with Crippen molar-refractivity contribution in [3.8, 4) is 0 Å². The van der Waals surface area contributed by atoms with Crippen LogP contribution in [0.15, 0.2) is 45.9 Å². The Morgan fingerprint density at radius 1 is 1.07 bits per heavy atom. The molecule has 4 nitrogen and oxygen atoms in total. The predicted octanol–water partition coefficient (Wildman–Crippen LogP) is 1.63. The molecule has 2 rings (SSSR count). The van der Waals surface area contributed by atoms with E-state index in [9.17, 15) is 14.7 Å². The molecule has 76 valence electrons. The fourth-order valence-corrected chi connectivity index (χ4v) is 1.90. The largest absolute Gasteiger partial charge is 0.501 e. The number of hydrogen-bond donors (Lipinski definition) is 1. The number of hydrogen-bond acceptors (Lipinski definition) is 5. The van der Waals surface area contributed by atoms with Gasteiger partial charge in [0, 0.05) is 4.90 Å². The molecular formula is C10H6O4S. The summed E-state index contributed by atoms with van der Waals surface area (Å²) in [4.78, 5) is 22.6. The molecule has 1 N–H and O–H groups in total. The second-order valence-electron chi connectivity index (χ2n) is 2.77. The number of rotatable bonds is 2. The smallest absolute Gasteiger partial charge is 0.382 e. The third kappa shape index (κ3) is 1.87. The molecule has 0 fully saturated rings. The third-order valence-electron chi connectivity index (χ3n) is 1.74. The lowest BCUT2D eigenvalue weighted by atomic mass is 10.4. The standard InChI is InChI=1S/C10H6O4S/c11-7-8(10(13)14-9(7)12)15-6-4-2-1-3-5-6/h1-5,11H. The molecule has 0 radical (unpaired) electrons. The van der Waals surface area contributed by atoms with E-state index in [1.165, 1.54) is 0 Å². The van der Waals surface area contributed by atoms with E-state index in [2.05, 4.69) is 4.74 Å². The van der Waals surface area contributed by atoms with Gasteiger partial charge >= 0.3 is 11.9 Å². The van der Waals surface area contributed by atoms with Crippen LogP contribution in [0.4, 0.5) is 0 Å². The highest BCUT2D eigenvalue weighted by molar-refractivity contribution is 8.04. The van der Waals surface area contributed by atoms with Gasteiger partial charge in [0.1, 0.15) is 4.91 Å². The zero-order chi connectivity index (χ0) is 10.8. The number of ether oxygens (including phenoxy) is 1. The molecule has 5 heteroatoms. The molecule has 1 heterocycles. The zero-order valence-corrected chi connectivity index (χ0v) is 8.28. The molecule has 1 aromatic rings. The van der Waals surface area contributed by atoms with Gasteiger partial charge in [0.15, 0.2) is 0 Å². The van der Waals surface area contributed by atoms with E-state index in [4.69, 9.17) is 0 Å². The Labute approximate surface area is 89.5 Å². The average molecular weight is 222 g/mol. The Morgan fingerprint density at radius 3 is 2.27 bits per heavy atom. The van der Waals surface area contributed by atoms with E-state index in [0.717, 1.165) is 16.7 Å². The normalized spacial score (nSPS) is 15.7. The van der Waals surface area contributed by atoms with E-state index >= 15 is 0 Å². The molecule has 0 aromatic heterocycles. The first-order valence-corrected chi connectivity index (χ1v) is 4.93. The number of thioether (sulfide) groups is 1. The van der Waals surface area contributed by atoms with Crippen LogP contribution in [0.1, 0.15) is 0 Å². The highest BCUT2D eigenvalue weighted by Gasteiger charge is 2.33. The summed E-state index contributed by atoms with van der Waals surface area (Å²) in [5, 5.41) is 9.25. The zero-order valence-electron chi connectivity index (χ0n) is 7.47. The summed E-state index contributed by atoms with van der Waals surface area (Å²) >= 11 is 1.01. The van der Waals surface area contributed by atoms with Crippen LogP contribution >= 0.6 is 11.8 Å². The van der Waals surface area contributed by atoms with Crippen molar-refractivity contribution in [1.82, 2.24) is 0 Å². The van der Waals surface area contributed by atoms with Gasteiger partial charge in [0.2, 0.25) is 5.76 Å². The third-order valence-corrected chi connectivity index (χ3v) is 2.81. The maximum absolute atomic E-state index is 11.1. The summed E-state index contributed by atoms with van der Waals surface area (Å²) in [6.07, 6.45) is 0. The van der Waals surface area contributed by atoms with Gasteiger partial charge in [-0.1, -0.05) is 30.0 Å². The number of aliphatic hydroxyl groups excluding tert-OH is 1. The summed E-state index contributed by atoms with van der Waals surface area (Å²) in [6.45, 7) is 0. The molecule has 15 heavy (non-hydrogen) atoms. The van der Waals surface area contributed by atoms with E-state index in [-0.39, 0.29) is 4.91 Å².